The Morgan fingerprint density at radius 1 is 1.33 bits per heavy atom. The minimum atomic E-state index is -3.69. The number of alkyl halides is 2. The summed E-state index contributed by atoms with van der Waals surface area (Å²) in [6.45, 7) is 8.16. The average Bonchev–Trinajstić information content (AvgIpc) is 2.25. The summed E-state index contributed by atoms with van der Waals surface area (Å²) in [5.74, 6) is 0. The summed E-state index contributed by atoms with van der Waals surface area (Å²) in [5.41, 5.74) is -0.685. The van der Waals surface area contributed by atoms with Crippen LogP contribution in [-0.2, 0) is 4.74 Å². The molecule has 0 bridgehead atoms. The molecule has 0 aliphatic carbocycles. The van der Waals surface area contributed by atoms with E-state index in [-0.39, 0.29) is 11.5 Å². The number of hydrogen-bond donors (Lipinski definition) is 2. The third-order valence-electron chi connectivity index (χ3n) is 3.51. The predicted molar refractivity (Wildman–Crippen MR) is 75.2 cm³/mol. The Bertz CT molecular complexity index is 356. The van der Waals surface area contributed by atoms with Gasteiger partial charge >= 0.3 is 12.2 Å². The van der Waals surface area contributed by atoms with E-state index in [0.29, 0.717) is 32.5 Å². The van der Waals surface area contributed by atoms with E-state index in [0.717, 1.165) is 0 Å². The van der Waals surface area contributed by atoms with Gasteiger partial charge in [0.25, 0.3) is 0 Å². The van der Waals surface area contributed by atoms with E-state index in [2.05, 4.69) is 5.32 Å². The van der Waals surface area contributed by atoms with E-state index in [1.807, 2.05) is 27.7 Å². The zero-order valence-corrected chi connectivity index (χ0v) is 13.2. The van der Waals surface area contributed by atoms with E-state index in [4.69, 9.17) is 9.84 Å². The molecule has 0 atom stereocenters. The van der Waals surface area contributed by atoms with Crippen LogP contribution >= 0.6 is 0 Å². The van der Waals surface area contributed by atoms with E-state index < -0.39 is 18.3 Å². The number of carbonyl (C=O) groups excluding carboxylic acids is 1. The largest absolute Gasteiger partial charge is 0.444 e. The second kappa shape index (κ2) is 6.44. The number of nitrogens with one attached hydrogen (secondary N) is 1. The lowest BCUT2D eigenvalue weighted by atomic mass is 9.80. The van der Waals surface area contributed by atoms with Crippen molar-refractivity contribution in [2.24, 2.45) is 5.41 Å². The number of halogens is 2. The fraction of sp³-hybridized carbons (Fsp3) is 0.929. The zero-order valence-electron chi connectivity index (χ0n) is 13.2. The molecule has 7 heteroatoms. The molecular weight excluding hydrogens is 282 g/mol. The lowest BCUT2D eigenvalue weighted by Crippen LogP contribution is -2.48. The topological polar surface area (TPSA) is 61.8 Å². The van der Waals surface area contributed by atoms with Gasteiger partial charge in [-0.1, -0.05) is 6.92 Å². The maximum absolute atomic E-state index is 12.4. The quantitative estimate of drug-likeness (QED) is 0.836. The number of piperidine rings is 1. The van der Waals surface area contributed by atoms with Crippen molar-refractivity contribution >= 4 is 6.09 Å². The minimum absolute atomic E-state index is 0.163. The van der Waals surface area contributed by atoms with Gasteiger partial charge in [0.2, 0.25) is 0 Å². The van der Waals surface area contributed by atoms with E-state index in [1.165, 1.54) is 0 Å². The molecule has 1 rings (SSSR count). The van der Waals surface area contributed by atoms with Crippen LogP contribution in [0.1, 0.15) is 40.5 Å². The van der Waals surface area contributed by atoms with Gasteiger partial charge < -0.3 is 20.1 Å². The van der Waals surface area contributed by atoms with Crippen LogP contribution in [0, 0.1) is 5.41 Å². The smallest absolute Gasteiger partial charge is 0.410 e. The van der Waals surface area contributed by atoms with Gasteiger partial charge in [0.15, 0.2) is 0 Å². The van der Waals surface area contributed by atoms with Crippen molar-refractivity contribution in [1.82, 2.24) is 10.2 Å². The Kier molecular flexibility index (Phi) is 5.55. The van der Waals surface area contributed by atoms with Crippen LogP contribution in [0.4, 0.5) is 13.6 Å². The third-order valence-corrected chi connectivity index (χ3v) is 3.51. The molecule has 1 amide bonds. The van der Waals surface area contributed by atoms with Gasteiger partial charge in [-0.25, -0.2) is 4.79 Å². The molecule has 1 fully saturated rings. The molecule has 1 heterocycles. The van der Waals surface area contributed by atoms with Crippen LogP contribution in [0.5, 0.6) is 0 Å². The molecule has 5 nitrogen and oxygen atoms in total. The van der Waals surface area contributed by atoms with E-state index in [1.54, 1.807) is 4.90 Å². The van der Waals surface area contributed by atoms with Crippen LogP contribution in [0.2, 0.25) is 0 Å². The number of carbonyl (C=O) groups is 1. The Balaban J connectivity index is 2.38. The summed E-state index contributed by atoms with van der Waals surface area (Å²) in [7, 11) is 0. The first kappa shape index (κ1) is 18.1. The predicted octanol–water partition coefficient (Wildman–Crippen LogP) is 2.20. The number of hydrogen-bond acceptors (Lipinski definition) is 4. The number of likely N-dealkylation sites (tertiary alicyclic amines) is 1. The lowest BCUT2D eigenvalue weighted by molar-refractivity contribution is -0.194. The van der Waals surface area contributed by atoms with E-state index in [9.17, 15) is 13.6 Å². The Morgan fingerprint density at radius 2 is 1.86 bits per heavy atom. The molecule has 0 aromatic rings. The first-order valence-corrected chi connectivity index (χ1v) is 7.19. The SMILES string of the molecule is CC1(CNCC(O)(F)F)CCN(C(=O)OC(C)(C)C)CC1. The molecule has 1 saturated heterocycles. The Labute approximate surface area is 124 Å². The molecule has 0 saturated carbocycles. The van der Waals surface area contributed by atoms with Gasteiger partial charge in [0.1, 0.15) is 5.60 Å². The minimum Gasteiger partial charge on any atom is -0.444 e. The number of amides is 1. The second-order valence-corrected chi connectivity index (χ2v) is 7.05. The van der Waals surface area contributed by atoms with Gasteiger partial charge in [-0.05, 0) is 39.0 Å². The molecule has 0 unspecified atom stereocenters. The molecule has 21 heavy (non-hydrogen) atoms. The summed E-state index contributed by atoms with van der Waals surface area (Å²) < 4.78 is 30.0. The van der Waals surface area contributed by atoms with Crippen LogP contribution in [0.25, 0.3) is 0 Å². The van der Waals surface area contributed by atoms with Crippen molar-refractivity contribution in [2.75, 3.05) is 26.2 Å². The fourth-order valence-electron chi connectivity index (χ4n) is 2.25. The highest BCUT2D eigenvalue weighted by molar-refractivity contribution is 5.68. The van der Waals surface area contributed by atoms with Crippen molar-refractivity contribution in [2.45, 2.75) is 52.2 Å². The summed E-state index contributed by atoms with van der Waals surface area (Å²) in [6, 6.07) is 0. The van der Waals surface area contributed by atoms with Crippen LogP contribution < -0.4 is 5.32 Å². The summed E-state index contributed by atoms with van der Waals surface area (Å²) in [4.78, 5) is 13.6. The van der Waals surface area contributed by atoms with Crippen LogP contribution in [-0.4, -0.2) is 54.0 Å². The van der Waals surface area contributed by atoms with Gasteiger partial charge in [-0.15, -0.1) is 0 Å². The third kappa shape index (κ3) is 7.04. The highest BCUT2D eigenvalue weighted by Gasteiger charge is 2.34. The number of nitrogens with zero attached hydrogens (tertiary/aromatic N) is 1. The standard InChI is InChI=1S/C14H26F2N2O3/c1-12(2,3)21-11(19)18-7-5-13(4,6-8-18)9-17-10-14(15,16)20/h17,20H,5-10H2,1-4H3. The van der Waals surface area contributed by atoms with Gasteiger partial charge in [-0.3, -0.25) is 0 Å². The first-order chi connectivity index (χ1) is 9.40. The molecule has 0 aromatic carbocycles. The van der Waals surface area contributed by atoms with Crippen molar-refractivity contribution in [1.29, 1.82) is 0 Å². The monoisotopic (exact) mass is 308 g/mol. The van der Waals surface area contributed by atoms with Crippen molar-refractivity contribution in [3.63, 3.8) is 0 Å². The highest BCUT2D eigenvalue weighted by atomic mass is 19.3. The van der Waals surface area contributed by atoms with Gasteiger partial charge in [0, 0.05) is 19.6 Å². The highest BCUT2D eigenvalue weighted by Crippen LogP contribution is 2.30. The number of aliphatic hydroxyl groups is 1. The maximum Gasteiger partial charge on any atom is 0.410 e. The van der Waals surface area contributed by atoms with E-state index >= 15 is 0 Å². The molecule has 0 radical (unpaired) electrons. The molecule has 1 aliphatic rings. The average molecular weight is 308 g/mol. The number of ether oxygens (including phenoxy) is 1. The van der Waals surface area contributed by atoms with Gasteiger partial charge in [-0.2, -0.15) is 8.78 Å². The van der Waals surface area contributed by atoms with Crippen molar-refractivity contribution in [3.05, 3.63) is 0 Å². The molecular formula is C14H26F2N2O3. The normalized spacial score (nSPS) is 19.5. The molecule has 0 spiro atoms. The first-order valence-electron chi connectivity index (χ1n) is 7.19. The molecule has 2 N–H and O–H groups in total. The molecule has 1 aliphatic heterocycles. The zero-order chi connectivity index (χ0) is 16.3. The fourth-order valence-corrected chi connectivity index (χ4v) is 2.25. The van der Waals surface area contributed by atoms with Gasteiger partial charge in [0.05, 0.1) is 6.54 Å². The summed E-state index contributed by atoms with van der Waals surface area (Å²) in [5, 5.41) is 11.0. The maximum atomic E-state index is 12.4. The van der Waals surface area contributed by atoms with Crippen molar-refractivity contribution < 1.29 is 23.4 Å². The molecule has 124 valence electrons. The second-order valence-electron chi connectivity index (χ2n) is 7.05. The lowest BCUT2D eigenvalue weighted by Gasteiger charge is -2.40. The van der Waals surface area contributed by atoms with Crippen LogP contribution in [0.15, 0.2) is 0 Å². The Hall–Kier alpha value is -0.950. The number of rotatable bonds is 4. The van der Waals surface area contributed by atoms with Crippen LogP contribution in [0.3, 0.4) is 0 Å². The summed E-state index contributed by atoms with van der Waals surface area (Å²) in [6.07, 6.45) is -2.61. The Morgan fingerprint density at radius 3 is 2.29 bits per heavy atom. The van der Waals surface area contributed by atoms with Crippen molar-refractivity contribution in [3.8, 4) is 0 Å². The molecule has 0 aromatic heterocycles. The summed E-state index contributed by atoms with van der Waals surface area (Å²) >= 11 is 0.